The third-order valence-electron chi connectivity index (χ3n) is 12.7. The van der Waals surface area contributed by atoms with E-state index in [9.17, 15) is 30.3 Å². The molecule has 0 amide bonds. The van der Waals surface area contributed by atoms with Crippen molar-refractivity contribution >= 4 is 5.97 Å². The first-order valence-corrected chi connectivity index (χ1v) is 17.2. The summed E-state index contributed by atoms with van der Waals surface area (Å²) in [4.78, 5) is 12.0. The zero-order chi connectivity index (χ0) is 32.3. The van der Waals surface area contributed by atoms with Gasteiger partial charge in [0.15, 0.2) is 12.4 Å². The van der Waals surface area contributed by atoms with E-state index in [0.717, 1.165) is 25.7 Å². The number of aliphatic hydroxyl groups is 5. The highest BCUT2D eigenvalue weighted by Crippen LogP contribution is 2.68. The molecule has 0 unspecified atom stereocenters. The fourth-order valence-corrected chi connectivity index (χ4v) is 10.5. The average Bonchev–Trinajstić information content (AvgIpc) is 3.23. The van der Waals surface area contributed by atoms with Gasteiger partial charge in [-0.1, -0.05) is 46.3 Å². The summed E-state index contributed by atoms with van der Waals surface area (Å²) in [5.41, 5.74) is 0.776. The van der Waals surface area contributed by atoms with E-state index >= 15 is 0 Å². The molecule has 4 aliphatic carbocycles. The van der Waals surface area contributed by atoms with Crippen LogP contribution in [0.1, 0.15) is 99.8 Å². The molecule has 252 valence electrons. The minimum Gasteiger partial charge on any atom is -0.454 e. The number of allylic oxidation sites excluding steroid dienone is 1. The Hall–Kier alpha value is -1.07. The molecule has 9 nitrogen and oxygen atoms in total. The highest BCUT2D eigenvalue weighted by molar-refractivity contribution is 5.66. The molecule has 1 heterocycles. The van der Waals surface area contributed by atoms with Gasteiger partial charge >= 0.3 is 5.97 Å². The van der Waals surface area contributed by atoms with Gasteiger partial charge in [0.1, 0.15) is 12.2 Å². The van der Waals surface area contributed by atoms with E-state index in [0.29, 0.717) is 31.6 Å². The quantitative estimate of drug-likeness (QED) is 0.202. The first kappa shape index (κ1) is 34.3. The van der Waals surface area contributed by atoms with Gasteiger partial charge < -0.3 is 39.7 Å². The minimum atomic E-state index is -1.37. The van der Waals surface area contributed by atoms with Gasteiger partial charge in [0.2, 0.25) is 0 Å². The molecule has 1 saturated heterocycles. The lowest BCUT2D eigenvalue weighted by molar-refractivity contribution is -0.311. The van der Waals surface area contributed by atoms with Crippen molar-refractivity contribution in [1.29, 1.82) is 0 Å². The second-order valence-electron chi connectivity index (χ2n) is 16.0. The lowest BCUT2D eigenvalue weighted by Gasteiger charge is -2.60. The second-order valence-corrected chi connectivity index (χ2v) is 16.0. The Morgan fingerprint density at radius 3 is 2.48 bits per heavy atom. The van der Waals surface area contributed by atoms with E-state index in [1.165, 1.54) is 12.5 Å². The number of ether oxygens (including phenoxy) is 3. The van der Waals surface area contributed by atoms with Crippen molar-refractivity contribution in [1.82, 2.24) is 0 Å². The maximum atomic E-state index is 12.0. The molecule has 5 N–H and O–H groups in total. The number of carbonyl (C=O) groups is 1. The van der Waals surface area contributed by atoms with Crippen LogP contribution in [0.3, 0.4) is 0 Å². The largest absolute Gasteiger partial charge is 0.454 e. The number of hydrogen-bond donors (Lipinski definition) is 5. The predicted molar refractivity (Wildman–Crippen MR) is 164 cm³/mol. The van der Waals surface area contributed by atoms with Crippen LogP contribution in [0.4, 0.5) is 0 Å². The number of carbonyl (C=O) groups excluding carboxylic acids is 1. The average molecular weight is 623 g/mol. The van der Waals surface area contributed by atoms with Crippen molar-refractivity contribution in [2.75, 3.05) is 0 Å². The number of rotatable bonds is 8. The molecular weight excluding hydrogens is 564 g/mol. The lowest BCUT2D eigenvalue weighted by atomic mass is 9.46. The number of fused-ring (bicyclic) bond motifs is 5. The third kappa shape index (κ3) is 6.04. The summed E-state index contributed by atoms with van der Waals surface area (Å²) in [7, 11) is 0. The topological polar surface area (TPSA) is 146 Å². The van der Waals surface area contributed by atoms with Gasteiger partial charge in [-0.3, -0.25) is 4.79 Å². The van der Waals surface area contributed by atoms with Crippen molar-refractivity contribution < 1.29 is 44.5 Å². The molecule has 16 atom stereocenters. The van der Waals surface area contributed by atoms with Crippen LogP contribution in [-0.4, -0.2) is 86.6 Å². The lowest BCUT2D eigenvalue weighted by Crippen LogP contribution is -2.60. The monoisotopic (exact) mass is 622 g/mol. The summed E-state index contributed by atoms with van der Waals surface area (Å²) >= 11 is 0. The van der Waals surface area contributed by atoms with Crippen molar-refractivity contribution in [3.8, 4) is 0 Å². The van der Waals surface area contributed by atoms with Gasteiger partial charge in [-0.2, -0.15) is 0 Å². The van der Waals surface area contributed by atoms with Crippen LogP contribution in [0.2, 0.25) is 0 Å². The SMILES string of the molecule is CC(=O)O[C@H]1[C@H](O[C@H]2C[C@H]3[C@@H]4CC=C5C[C@@H](O)CC[C@]5(C)[C@H]4[C@@H](O)C[C@]3(C)[C@H]2[C@H](C)[C@@H](O)CCC(C)C)O[C@@H](C)[C@H](O)[C@H]1O. The standard InChI is InChI=1S/C35H58O9/c1-17(2)8-11-25(38)18(3)28-27(44-33-32(43-20(5)36)31(41)30(40)19(4)42-33)15-24-23-10-9-21-14-22(37)12-13-34(21,6)29(23)26(39)16-35(24,28)7/h9,17-19,22-33,37-41H,8,10-16H2,1-7H3/t18-,19+,22+,23+,24+,25+,26+,27+,28+,29-,30+,31-,32-,33+,34+,35+/m1/s1. The molecule has 3 saturated carbocycles. The van der Waals surface area contributed by atoms with Crippen LogP contribution in [0.25, 0.3) is 0 Å². The Morgan fingerprint density at radius 1 is 1.11 bits per heavy atom. The highest BCUT2D eigenvalue weighted by Gasteiger charge is 2.65. The Morgan fingerprint density at radius 2 is 1.82 bits per heavy atom. The molecule has 44 heavy (non-hydrogen) atoms. The maximum Gasteiger partial charge on any atom is 0.303 e. The Labute approximate surface area is 263 Å². The van der Waals surface area contributed by atoms with Crippen LogP contribution in [0, 0.1) is 46.3 Å². The van der Waals surface area contributed by atoms with Gasteiger partial charge in [0.25, 0.3) is 0 Å². The van der Waals surface area contributed by atoms with E-state index in [2.05, 4.69) is 40.7 Å². The van der Waals surface area contributed by atoms with Crippen molar-refractivity contribution in [3.63, 3.8) is 0 Å². The van der Waals surface area contributed by atoms with E-state index in [1.54, 1.807) is 6.92 Å². The van der Waals surface area contributed by atoms with E-state index < -0.39 is 48.9 Å². The zero-order valence-electron chi connectivity index (χ0n) is 27.8. The van der Waals surface area contributed by atoms with Crippen molar-refractivity contribution in [3.05, 3.63) is 11.6 Å². The summed E-state index contributed by atoms with van der Waals surface area (Å²) in [6, 6.07) is 0. The van der Waals surface area contributed by atoms with Crippen LogP contribution in [-0.2, 0) is 19.0 Å². The first-order valence-electron chi connectivity index (χ1n) is 17.2. The summed E-state index contributed by atoms with van der Waals surface area (Å²) in [5, 5.41) is 55.4. The van der Waals surface area contributed by atoms with Crippen molar-refractivity contribution in [2.45, 2.75) is 155 Å². The summed E-state index contributed by atoms with van der Waals surface area (Å²) in [6.45, 7) is 13.9. The van der Waals surface area contributed by atoms with Gasteiger partial charge in [-0.25, -0.2) is 0 Å². The fraction of sp³-hybridized carbons (Fsp3) is 0.914. The van der Waals surface area contributed by atoms with Gasteiger partial charge in [-0.15, -0.1) is 0 Å². The second kappa shape index (κ2) is 12.9. The van der Waals surface area contributed by atoms with Gasteiger partial charge in [-0.05, 0) is 105 Å². The first-order chi connectivity index (χ1) is 20.6. The highest BCUT2D eigenvalue weighted by atomic mass is 16.7. The molecule has 0 spiro atoms. The van der Waals surface area contributed by atoms with Gasteiger partial charge in [0.05, 0.1) is 30.5 Å². The molecule has 0 aromatic rings. The Kier molecular flexibility index (Phi) is 10.0. The van der Waals surface area contributed by atoms with Gasteiger partial charge in [0, 0.05) is 6.92 Å². The molecule has 1 aliphatic heterocycles. The molecule has 5 aliphatic rings. The number of hydrogen-bond acceptors (Lipinski definition) is 9. The van der Waals surface area contributed by atoms with Crippen LogP contribution in [0.15, 0.2) is 11.6 Å². The Balaban J connectivity index is 1.50. The summed E-state index contributed by atoms with van der Waals surface area (Å²) in [6.07, 6.45) is 0.875. The molecule has 0 bridgehead atoms. The number of aliphatic hydroxyl groups excluding tert-OH is 5. The van der Waals surface area contributed by atoms with E-state index in [-0.39, 0.29) is 52.6 Å². The zero-order valence-corrected chi connectivity index (χ0v) is 27.8. The molecule has 4 fully saturated rings. The van der Waals surface area contributed by atoms with E-state index in [4.69, 9.17) is 14.2 Å². The fourth-order valence-electron chi connectivity index (χ4n) is 10.5. The maximum absolute atomic E-state index is 12.0. The normalized spacial score (nSPS) is 48.5. The molecule has 9 heteroatoms. The van der Waals surface area contributed by atoms with Crippen molar-refractivity contribution in [2.24, 2.45) is 46.3 Å². The van der Waals surface area contributed by atoms with E-state index in [1.807, 2.05) is 0 Å². The molecule has 5 rings (SSSR count). The third-order valence-corrected chi connectivity index (χ3v) is 12.7. The molecule has 0 radical (unpaired) electrons. The minimum absolute atomic E-state index is 0.0744. The van der Waals surface area contributed by atoms with Crippen LogP contribution >= 0.6 is 0 Å². The summed E-state index contributed by atoms with van der Waals surface area (Å²) in [5.74, 6) is 0.0815. The number of esters is 1. The molecule has 0 aromatic heterocycles. The molecule has 0 aromatic carbocycles. The van der Waals surface area contributed by atoms with Crippen LogP contribution in [0.5, 0.6) is 0 Å². The Bertz CT molecular complexity index is 1060. The van der Waals surface area contributed by atoms with Crippen LogP contribution < -0.4 is 0 Å². The predicted octanol–water partition coefficient (Wildman–Crippen LogP) is 3.72. The smallest absolute Gasteiger partial charge is 0.303 e. The molecular formula is C35H58O9. The summed E-state index contributed by atoms with van der Waals surface area (Å²) < 4.78 is 18.3.